The van der Waals surface area contributed by atoms with E-state index in [4.69, 9.17) is 4.74 Å². The number of benzene rings is 3. The third kappa shape index (κ3) is 6.24. The second-order valence-electron chi connectivity index (χ2n) is 11.7. The number of ketones is 2. The standard InChI is InChI=1S/C36H36N4O3S/c41-34(28-6-10-30(11-7-28)38-15-13-31(14-16-38)39-17-19-43-20-18-39)24-27-5-12-33-29(22-27)25-37-40(33)32-8-3-26(4-9-32)23-35(42)36-2-1-21-44-36/h1-12,21-22,25,31H,13-20,23-24H2. The molecule has 4 heterocycles. The van der Waals surface area contributed by atoms with Gasteiger partial charge in [-0.15, -0.1) is 11.3 Å². The van der Waals surface area contributed by atoms with Crippen LogP contribution in [0.15, 0.2) is 90.4 Å². The molecule has 0 amide bonds. The van der Waals surface area contributed by atoms with Gasteiger partial charge in [-0.2, -0.15) is 5.10 Å². The Kier molecular flexibility index (Phi) is 8.37. The van der Waals surface area contributed by atoms with Gasteiger partial charge in [0.15, 0.2) is 11.6 Å². The van der Waals surface area contributed by atoms with Gasteiger partial charge in [0.25, 0.3) is 0 Å². The molecular weight excluding hydrogens is 568 g/mol. The van der Waals surface area contributed by atoms with E-state index in [-0.39, 0.29) is 11.6 Å². The fraction of sp³-hybridized carbons (Fsp3) is 0.306. The Labute approximate surface area is 261 Å². The van der Waals surface area contributed by atoms with Gasteiger partial charge in [0.05, 0.1) is 35.5 Å². The number of piperidine rings is 1. The predicted octanol–water partition coefficient (Wildman–Crippen LogP) is 6.24. The molecule has 2 fully saturated rings. The minimum Gasteiger partial charge on any atom is -0.379 e. The van der Waals surface area contributed by atoms with E-state index in [9.17, 15) is 9.59 Å². The van der Waals surface area contributed by atoms with Crippen molar-refractivity contribution in [2.45, 2.75) is 31.7 Å². The maximum Gasteiger partial charge on any atom is 0.177 e. The Morgan fingerprint density at radius 2 is 1.50 bits per heavy atom. The van der Waals surface area contributed by atoms with Gasteiger partial charge in [-0.05, 0) is 83.9 Å². The van der Waals surface area contributed by atoms with E-state index in [1.165, 1.54) is 29.9 Å². The van der Waals surface area contributed by atoms with E-state index in [0.29, 0.717) is 18.9 Å². The normalized spacial score (nSPS) is 16.4. The number of hydrogen-bond donors (Lipinski definition) is 0. The number of thiophene rings is 1. The van der Waals surface area contributed by atoms with Crippen LogP contribution in [0.3, 0.4) is 0 Å². The summed E-state index contributed by atoms with van der Waals surface area (Å²) in [4.78, 5) is 31.5. The summed E-state index contributed by atoms with van der Waals surface area (Å²) in [6, 6.07) is 26.6. The van der Waals surface area contributed by atoms with E-state index in [1.54, 1.807) is 0 Å². The number of ether oxygens (including phenoxy) is 1. The zero-order valence-electron chi connectivity index (χ0n) is 24.7. The number of carbonyl (C=O) groups excluding carboxylic acids is 2. The summed E-state index contributed by atoms with van der Waals surface area (Å²) in [5, 5.41) is 7.53. The van der Waals surface area contributed by atoms with E-state index in [2.05, 4.69) is 33.1 Å². The van der Waals surface area contributed by atoms with Crippen molar-refractivity contribution in [2.75, 3.05) is 44.3 Å². The highest BCUT2D eigenvalue weighted by molar-refractivity contribution is 7.12. The third-order valence-corrected chi connectivity index (χ3v) is 9.83. The molecule has 0 radical (unpaired) electrons. The highest BCUT2D eigenvalue weighted by atomic mass is 32.1. The number of Topliss-reactive ketones (excluding diaryl/α,β-unsaturated/α-hetero) is 2. The lowest BCUT2D eigenvalue weighted by Crippen LogP contribution is -2.49. The van der Waals surface area contributed by atoms with Crippen LogP contribution in [-0.2, 0) is 17.6 Å². The van der Waals surface area contributed by atoms with Crippen molar-refractivity contribution in [3.05, 3.63) is 112 Å². The van der Waals surface area contributed by atoms with Crippen LogP contribution < -0.4 is 4.90 Å². The molecule has 0 N–H and O–H groups in total. The smallest absolute Gasteiger partial charge is 0.177 e. The molecule has 0 saturated carbocycles. The van der Waals surface area contributed by atoms with Gasteiger partial charge in [0.2, 0.25) is 0 Å². The summed E-state index contributed by atoms with van der Waals surface area (Å²) in [7, 11) is 0. The molecule has 5 aromatic rings. The average Bonchev–Trinajstić information content (AvgIpc) is 3.77. The maximum absolute atomic E-state index is 13.2. The molecule has 0 aliphatic carbocycles. The van der Waals surface area contributed by atoms with Gasteiger partial charge < -0.3 is 9.64 Å². The van der Waals surface area contributed by atoms with Crippen molar-refractivity contribution in [1.82, 2.24) is 14.7 Å². The Hall–Kier alpha value is -4.11. The minimum absolute atomic E-state index is 0.113. The van der Waals surface area contributed by atoms with Crippen molar-refractivity contribution in [3.63, 3.8) is 0 Å². The first-order chi connectivity index (χ1) is 21.6. The van der Waals surface area contributed by atoms with Crippen LogP contribution in [0.4, 0.5) is 5.69 Å². The van der Waals surface area contributed by atoms with Gasteiger partial charge in [-0.25, -0.2) is 4.68 Å². The molecule has 7 nitrogen and oxygen atoms in total. The van der Waals surface area contributed by atoms with E-state index in [0.717, 1.165) is 77.6 Å². The summed E-state index contributed by atoms with van der Waals surface area (Å²) in [5.41, 5.74) is 5.79. The van der Waals surface area contributed by atoms with Crippen molar-refractivity contribution in [3.8, 4) is 5.69 Å². The molecule has 8 heteroatoms. The van der Waals surface area contributed by atoms with Crippen LogP contribution in [-0.4, -0.2) is 71.7 Å². The van der Waals surface area contributed by atoms with E-state index in [1.807, 2.05) is 76.9 Å². The van der Waals surface area contributed by atoms with Gasteiger partial charge in [0.1, 0.15) is 0 Å². The minimum atomic E-state index is 0.113. The Bertz CT molecular complexity index is 1730. The molecule has 44 heavy (non-hydrogen) atoms. The molecule has 2 aromatic heterocycles. The number of anilines is 1. The zero-order chi connectivity index (χ0) is 29.9. The second kappa shape index (κ2) is 12.9. The van der Waals surface area contributed by atoms with Crippen LogP contribution in [0.25, 0.3) is 16.6 Å². The highest BCUT2D eigenvalue weighted by Gasteiger charge is 2.26. The molecule has 0 atom stereocenters. The molecule has 2 saturated heterocycles. The number of morpholine rings is 1. The number of carbonyl (C=O) groups is 2. The van der Waals surface area contributed by atoms with Crippen LogP contribution in [0, 0.1) is 0 Å². The predicted molar refractivity (Wildman–Crippen MR) is 176 cm³/mol. The first-order valence-electron chi connectivity index (χ1n) is 15.4. The molecular formula is C36H36N4O3S. The van der Waals surface area contributed by atoms with E-state index < -0.39 is 0 Å². The summed E-state index contributed by atoms with van der Waals surface area (Å²) < 4.78 is 7.41. The molecule has 7 rings (SSSR count). The van der Waals surface area contributed by atoms with Crippen molar-refractivity contribution < 1.29 is 14.3 Å². The Morgan fingerprint density at radius 3 is 2.23 bits per heavy atom. The lowest BCUT2D eigenvalue weighted by atomic mass is 10.00. The van der Waals surface area contributed by atoms with Gasteiger partial charge in [-0.1, -0.05) is 24.3 Å². The summed E-state index contributed by atoms with van der Waals surface area (Å²) in [6.45, 7) is 5.88. The first kappa shape index (κ1) is 28.6. The average molecular weight is 605 g/mol. The third-order valence-electron chi connectivity index (χ3n) is 8.92. The van der Waals surface area contributed by atoms with Crippen molar-refractivity contribution in [2.24, 2.45) is 0 Å². The molecule has 0 unspecified atom stereocenters. The molecule has 224 valence electrons. The van der Waals surface area contributed by atoms with Crippen molar-refractivity contribution >= 4 is 39.5 Å². The second-order valence-corrected chi connectivity index (χ2v) is 12.7. The number of aromatic nitrogens is 2. The molecule has 2 aliphatic rings. The van der Waals surface area contributed by atoms with Crippen LogP contribution >= 0.6 is 11.3 Å². The van der Waals surface area contributed by atoms with Crippen LogP contribution in [0.1, 0.15) is 44.0 Å². The summed E-state index contributed by atoms with van der Waals surface area (Å²) in [6.07, 6.45) is 4.91. The Balaban J connectivity index is 0.961. The maximum atomic E-state index is 13.2. The van der Waals surface area contributed by atoms with Gasteiger partial charge in [-0.3, -0.25) is 14.5 Å². The molecule has 0 bridgehead atoms. The highest BCUT2D eigenvalue weighted by Crippen LogP contribution is 2.25. The fourth-order valence-corrected chi connectivity index (χ4v) is 7.10. The molecule has 3 aromatic carbocycles. The van der Waals surface area contributed by atoms with Gasteiger partial charge >= 0.3 is 0 Å². The zero-order valence-corrected chi connectivity index (χ0v) is 25.5. The summed E-state index contributed by atoms with van der Waals surface area (Å²) >= 11 is 1.48. The monoisotopic (exact) mass is 604 g/mol. The quantitative estimate of drug-likeness (QED) is 0.186. The largest absolute Gasteiger partial charge is 0.379 e. The number of hydrogen-bond acceptors (Lipinski definition) is 7. The summed E-state index contributed by atoms with van der Waals surface area (Å²) in [5.74, 6) is 0.247. The number of fused-ring (bicyclic) bond motifs is 1. The molecule has 0 spiro atoms. The van der Waals surface area contributed by atoms with Crippen LogP contribution in [0.2, 0.25) is 0 Å². The van der Waals surface area contributed by atoms with Gasteiger partial charge in [0, 0.05) is 61.7 Å². The topological polar surface area (TPSA) is 67.7 Å². The van der Waals surface area contributed by atoms with E-state index >= 15 is 0 Å². The SMILES string of the molecule is O=C(Cc1ccc2c(cnn2-c2ccc(CC(=O)c3cccs3)cc2)c1)c1ccc(N2CCC(N3CCOCC3)CC2)cc1. The number of rotatable bonds is 9. The fourth-order valence-electron chi connectivity index (χ4n) is 6.44. The Morgan fingerprint density at radius 1 is 0.795 bits per heavy atom. The van der Waals surface area contributed by atoms with Crippen molar-refractivity contribution in [1.29, 1.82) is 0 Å². The molecule has 2 aliphatic heterocycles. The first-order valence-corrected chi connectivity index (χ1v) is 16.3. The lowest BCUT2D eigenvalue weighted by Gasteiger charge is -2.40. The van der Waals surface area contributed by atoms with Crippen LogP contribution in [0.5, 0.6) is 0 Å². The lowest BCUT2D eigenvalue weighted by molar-refractivity contribution is 0.0115. The number of nitrogens with zero attached hydrogens (tertiary/aromatic N) is 4.